The fourth-order valence-electron chi connectivity index (χ4n) is 1.90. The first-order valence-corrected chi connectivity index (χ1v) is 3.80. The molecule has 0 aromatic carbocycles. The summed E-state index contributed by atoms with van der Waals surface area (Å²) in [5, 5.41) is 3.51. The Labute approximate surface area is 80.5 Å². The summed E-state index contributed by atoms with van der Waals surface area (Å²) in [5.41, 5.74) is 0. The molecule has 0 saturated carbocycles. The quantitative estimate of drug-likeness (QED) is 0.623. The predicted octanol–water partition coefficient (Wildman–Crippen LogP) is 0.896. The van der Waals surface area contributed by atoms with Gasteiger partial charge >= 0.3 is 0 Å². The number of rotatable bonds is 0. The van der Waals surface area contributed by atoms with Crippen molar-refractivity contribution in [2.75, 3.05) is 20.1 Å². The van der Waals surface area contributed by atoms with E-state index < -0.39 is 0 Å². The van der Waals surface area contributed by atoms with Gasteiger partial charge in [0, 0.05) is 18.6 Å². The molecule has 0 aromatic rings. The van der Waals surface area contributed by atoms with Crippen LogP contribution in [-0.2, 0) is 0 Å². The van der Waals surface area contributed by atoms with Crippen LogP contribution in [0.5, 0.6) is 0 Å². The largest absolute Gasteiger partial charge is 0.312 e. The molecule has 1 N–H and O–H groups in total. The first-order chi connectivity index (χ1) is 4.36. The van der Waals surface area contributed by atoms with E-state index in [0.29, 0.717) is 0 Å². The van der Waals surface area contributed by atoms with Crippen LogP contribution in [0.25, 0.3) is 0 Å². The van der Waals surface area contributed by atoms with Crippen molar-refractivity contribution in [1.82, 2.24) is 10.2 Å². The number of likely N-dealkylation sites (N-methyl/N-ethyl adjacent to an activating group) is 1. The number of nitrogens with zero attached hydrogens (tertiary/aromatic N) is 1. The lowest BCUT2D eigenvalue weighted by molar-refractivity contribution is 0.218. The van der Waals surface area contributed by atoms with E-state index in [1.165, 1.54) is 25.9 Å². The molecule has 2 rings (SSSR count). The second-order valence-electron chi connectivity index (χ2n) is 3.26. The maximum atomic E-state index is 3.51. The Bertz CT molecular complexity index is 121. The predicted molar refractivity (Wildman–Crippen MR) is 51.9 cm³/mol. The maximum absolute atomic E-state index is 3.51. The van der Waals surface area contributed by atoms with Crippen molar-refractivity contribution in [3.63, 3.8) is 0 Å². The second kappa shape index (κ2) is 4.51. The third kappa shape index (κ3) is 2.22. The Morgan fingerprint density at radius 3 is 2.73 bits per heavy atom. The molecule has 2 aliphatic heterocycles. The standard InChI is InChI=1S/C7H14N2.2ClH/c1-9-3-2-6-4-7(9)5-8-6;;/h6-8H,2-5H2,1H3;2*1H. The fraction of sp³-hybridized carbons (Fsp3) is 1.00. The van der Waals surface area contributed by atoms with Gasteiger partial charge in [0.05, 0.1) is 0 Å². The van der Waals surface area contributed by atoms with Crippen LogP contribution in [0.2, 0.25) is 0 Å². The number of nitrogens with one attached hydrogen (secondary N) is 1. The first-order valence-electron chi connectivity index (χ1n) is 3.80. The Morgan fingerprint density at radius 2 is 2.09 bits per heavy atom. The van der Waals surface area contributed by atoms with Gasteiger partial charge in [0.25, 0.3) is 0 Å². The van der Waals surface area contributed by atoms with E-state index in [4.69, 9.17) is 0 Å². The van der Waals surface area contributed by atoms with Crippen LogP contribution < -0.4 is 5.32 Å². The maximum Gasteiger partial charge on any atom is 0.0232 e. The molecule has 2 nitrogen and oxygen atoms in total. The molecule has 68 valence electrons. The molecule has 2 fully saturated rings. The Morgan fingerprint density at radius 1 is 1.36 bits per heavy atom. The minimum absolute atomic E-state index is 0. The SMILES string of the molecule is CN1CCC2CC1CN2.Cl.Cl. The molecule has 0 spiro atoms. The van der Waals surface area contributed by atoms with Gasteiger partial charge in [-0.05, 0) is 26.4 Å². The van der Waals surface area contributed by atoms with E-state index in [1.807, 2.05) is 0 Å². The highest BCUT2D eigenvalue weighted by molar-refractivity contribution is 5.85. The molecule has 0 radical (unpaired) electrons. The molecule has 0 amide bonds. The summed E-state index contributed by atoms with van der Waals surface area (Å²) in [6.45, 7) is 2.52. The van der Waals surface area contributed by atoms with E-state index in [9.17, 15) is 0 Å². The van der Waals surface area contributed by atoms with E-state index in [1.54, 1.807) is 0 Å². The van der Waals surface area contributed by atoms with Crippen LogP contribution in [0.3, 0.4) is 0 Å². The lowest BCUT2D eigenvalue weighted by Crippen LogP contribution is -2.37. The van der Waals surface area contributed by atoms with Crippen LogP contribution in [-0.4, -0.2) is 37.1 Å². The highest BCUT2D eigenvalue weighted by atomic mass is 35.5. The third-order valence-corrected chi connectivity index (χ3v) is 2.65. The Hall–Kier alpha value is 0.500. The molecule has 2 atom stereocenters. The summed E-state index contributed by atoms with van der Waals surface area (Å²) < 4.78 is 0. The minimum atomic E-state index is 0. The molecule has 2 bridgehead atoms. The third-order valence-electron chi connectivity index (χ3n) is 2.65. The second-order valence-corrected chi connectivity index (χ2v) is 3.26. The summed E-state index contributed by atoms with van der Waals surface area (Å²) in [6.07, 6.45) is 2.74. The lowest BCUT2D eigenvalue weighted by atomic mass is 10.0. The van der Waals surface area contributed by atoms with Gasteiger partial charge in [0.15, 0.2) is 0 Å². The van der Waals surface area contributed by atoms with E-state index in [0.717, 1.165) is 12.1 Å². The van der Waals surface area contributed by atoms with Crippen molar-refractivity contribution < 1.29 is 0 Å². The van der Waals surface area contributed by atoms with Gasteiger partial charge in [-0.15, -0.1) is 24.8 Å². The van der Waals surface area contributed by atoms with E-state index in [-0.39, 0.29) is 24.8 Å². The van der Waals surface area contributed by atoms with Gasteiger partial charge in [-0.2, -0.15) is 0 Å². The van der Waals surface area contributed by atoms with Crippen molar-refractivity contribution in [2.24, 2.45) is 0 Å². The zero-order valence-electron chi connectivity index (χ0n) is 6.75. The number of piperidine rings is 1. The fourth-order valence-corrected chi connectivity index (χ4v) is 1.90. The number of hydrogen-bond donors (Lipinski definition) is 1. The van der Waals surface area contributed by atoms with Crippen LogP contribution in [0, 0.1) is 0 Å². The zero-order valence-corrected chi connectivity index (χ0v) is 8.38. The van der Waals surface area contributed by atoms with Crippen LogP contribution >= 0.6 is 24.8 Å². The smallest absolute Gasteiger partial charge is 0.0232 e. The number of halogens is 2. The van der Waals surface area contributed by atoms with Crippen molar-refractivity contribution in [2.45, 2.75) is 24.9 Å². The van der Waals surface area contributed by atoms with Crippen LogP contribution in [0.1, 0.15) is 12.8 Å². The summed E-state index contributed by atoms with van der Waals surface area (Å²) in [4.78, 5) is 2.47. The Kier molecular flexibility index (Phi) is 4.71. The summed E-state index contributed by atoms with van der Waals surface area (Å²) in [5.74, 6) is 0. The van der Waals surface area contributed by atoms with Crippen molar-refractivity contribution >= 4 is 24.8 Å². The summed E-state index contributed by atoms with van der Waals surface area (Å²) in [6, 6.07) is 1.70. The molecule has 2 heterocycles. The van der Waals surface area contributed by atoms with E-state index in [2.05, 4.69) is 17.3 Å². The first kappa shape index (κ1) is 11.5. The minimum Gasteiger partial charge on any atom is -0.312 e. The van der Waals surface area contributed by atoms with Crippen LogP contribution in [0.4, 0.5) is 0 Å². The molecule has 2 aliphatic rings. The molecule has 0 aromatic heterocycles. The normalized spacial score (nSPS) is 35.7. The number of fused-ring (bicyclic) bond motifs is 2. The van der Waals surface area contributed by atoms with Gasteiger partial charge in [-0.1, -0.05) is 0 Å². The van der Waals surface area contributed by atoms with Gasteiger partial charge in [0.1, 0.15) is 0 Å². The molecule has 2 unspecified atom stereocenters. The van der Waals surface area contributed by atoms with Gasteiger partial charge in [0.2, 0.25) is 0 Å². The van der Waals surface area contributed by atoms with Crippen LogP contribution in [0.15, 0.2) is 0 Å². The summed E-state index contributed by atoms with van der Waals surface area (Å²) >= 11 is 0. The number of likely N-dealkylation sites (tertiary alicyclic amines) is 1. The number of hydrogen-bond acceptors (Lipinski definition) is 2. The highest BCUT2D eigenvalue weighted by Gasteiger charge is 2.31. The van der Waals surface area contributed by atoms with Crippen molar-refractivity contribution in [3.8, 4) is 0 Å². The zero-order chi connectivity index (χ0) is 6.27. The van der Waals surface area contributed by atoms with Gasteiger partial charge < -0.3 is 10.2 Å². The molecule has 4 heteroatoms. The lowest BCUT2D eigenvalue weighted by Gasteiger charge is -2.28. The van der Waals surface area contributed by atoms with Crippen molar-refractivity contribution in [1.29, 1.82) is 0 Å². The van der Waals surface area contributed by atoms with Gasteiger partial charge in [-0.25, -0.2) is 0 Å². The monoisotopic (exact) mass is 198 g/mol. The molecular formula is C7H16Cl2N2. The van der Waals surface area contributed by atoms with Crippen molar-refractivity contribution in [3.05, 3.63) is 0 Å². The molecule has 2 saturated heterocycles. The summed E-state index contributed by atoms with van der Waals surface area (Å²) in [7, 11) is 2.23. The molecule has 11 heavy (non-hydrogen) atoms. The topological polar surface area (TPSA) is 15.3 Å². The highest BCUT2D eigenvalue weighted by Crippen LogP contribution is 2.20. The van der Waals surface area contributed by atoms with E-state index >= 15 is 0 Å². The average molecular weight is 199 g/mol. The molecule has 0 aliphatic carbocycles. The average Bonchev–Trinajstić information content (AvgIpc) is 2.25. The Balaban J connectivity index is 0.000000500. The molecular weight excluding hydrogens is 183 g/mol. The van der Waals surface area contributed by atoms with Gasteiger partial charge in [-0.3, -0.25) is 0 Å².